The Hall–Kier alpha value is 15.9. The third-order valence-electron chi connectivity index (χ3n) is 0. The van der Waals surface area contributed by atoms with Crippen molar-refractivity contribution in [2.75, 3.05) is 0 Å². The van der Waals surface area contributed by atoms with Gasteiger partial charge in [-0.1, -0.05) is 0 Å². The van der Waals surface area contributed by atoms with E-state index in [4.69, 9.17) is 19.2 Å². The maximum atomic E-state index is 8.55. The molecule has 0 aromatic heterocycles. The minimum atomic E-state index is -5.39. The van der Waals surface area contributed by atoms with Crippen LogP contribution in [0.4, 0.5) is 0 Å². The molecule has 4 nitrogen and oxygen atoms in total. The molecule has 0 saturated carbocycles. The van der Waals surface area contributed by atoms with Gasteiger partial charge in [-0.05, 0) is 0 Å². The topological polar surface area (TPSA) is 86.2 Å². The van der Waals surface area contributed by atoms with Gasteiger partial charge in [-0.15, -0.1) is 0 Å². The van der Waals surface area contributed by atoms with Gasteiger partial charge in [0.25, 0.3) is 0 Å². The van der Waals surface area contributed by atoms with Gasteiger partial charge < -0.3 is 32.1 Å². The molecule has 0 aliphatic heterocycles. The molecular weight excluding hydrogens is 467 g/mol. The Morgan fingerprint density at radius 3 is 0.529 bits per heavy atom. The second-order valence-electron chi connectivity index (χ2n) is 0.447. The SMILES string of the molecule is O=P([O-])([O-])[O-].[H-].[H-].[H-].[H-].[H-].[H-].[H-].[H-].[H-].[K+].[K+].[K+].[K+].[K+].[K+].[Na+].[Na+].[Na+].[Na+].[Na+].[Na+]. The Kier molecular flexibility index (Phi) is 316. The molecule has 0 bridgehead atoms. The van der Waals surface area contributed by atoms with Gasteiger partial charge >= 0.3 is 486 Å². The van der Waals surface area contributed by atoms with Crippen LogP contribution in [0.5, 0.6) is 0 Å². The zero-order chi connectivity index (χ0) is 4.50. The zero-order valence-electron chi connectivity index (χ0n) is 23.1. The van der Waals surface area contributed by atoms with Gasteiger partial charge in [0, 0.05) is 0 Å². The van der Waals surface area contributed by atoms with Crippen LogP contribution in [0.15, 0.2) is 0 Å². The van der Waals surface area contributed by atoms with Crippen molar-refractivity contribution in [3.05, 3.63) is 0 Å². The predicted molar refractivity (Wildman–Crippen MR) is 17.6 cm³/mol. The number of hydrogen-bond acceptors (Lipinski definition) is 4. The van der Waals surface area contributed by atoms with Crippen molar-refractivity contribution < 1.29 is 518 Å². The first kappa shape index (κ1) is 84.5. The van der Waals surface area contributed by atoms with Gasteiger partial charge in [-0.25, -0.2) is 0 Å². The van der Waals surface area contributed by atoms with E-state index in [1.807, 2.05) is 0 Å². The largest absolute Gasteiger partial charge is 1.00 e. The average Bonchev–Trinajstić information content (AvgIpc) is 0.722. The Labute approximate surface area is 506 Å². The van der Waals surface area contributed by atoms with E-state index in [9.17, 15) is 0 Å². The summed E-state index contributed by atoms with van der Waals surface area (Å²) in [5, 5.41) is 0. The van der Waals surface area contributed by atoms with Gasteiger partial charge in [0.05, 0.1) is 0 Å². The third kappa shape index (κ3) is 113. The molecule has 0 amide bonds. The second kappa shape index (κ2) is 63.5. The van der Waals surface area contributed by atoms with Crippen molar-refractivity contribution in [1.82, 2.24) is 0 Å². The molecule has 0 spiro atoms. The Bertz CT molecular complexity index is 101. The molecule has 0 atom stereocenters. The molecule has 17 heteroatoms. The number of hydrogen-bond donors (Lipinski definition) is 0. The summed E-state index contributed by atoms with van der Waals surface area (Å²) in [4.78, 5) is 25.6. The van der Waals surface area contributed by atoms with Crippen LogP contribution in [-0.4, -0.2) is 0 Å². The molecule has 0 aliphatic carbocycles. The molecule has 0 radical (unpaired) electrons. The summed E-state index contributed by atoms with van der Waals surface area (Å²) in [7, 11) is -5.39. The van der Waals surface area contributed by atoms with Crippen LogP contribution in [0.1, 0.15) is 12.8 Å². The van der Waals surface area contributed by atoms with Gasteiger partial charge in [0.15, 0.2) is 0 Å². The second-order valence-corrected chi connectivity index (χ2v) is 1.34. The summed E-state index contributed by atoms with van der Waals surface area (Å²) in [6.07, 6.45) is 0. The van der Waals surface area contributed by atoms with E-state index in [2.05, 4.69) is 0 Å². The molecule has 0 fully saturated rings. The third-order valence-corrected chi connectivity index (χ3v) is 0. The number of rotatable bonds is 0. The van der Waals surface area contributed by atoms with E-state index in [1.54, 1.807) is 0 Å². The quantitative estimate of drug-likeness (QED) is 0.257. The summed E-state index contributed by atoms with van der Waals surface area (Å²) >= 11 is 0. The van der Waals surface area contributed by atoms with E-state index in [-0.39, 0.29) is 498 Å². The summed E-state index contributed by atoms with van der Waals surface area (Å²) in [5.74, 6) is 0. The minimum Gasteiger partial charge on any atom is -1.00 e. The summed E-state index contributed by atoms with van der Waals surface area (Å²) < 4.78 is 8.55. The molecule has 0 rings (SSSR count). The van der Waals surface area contributed by atoms with Crippen molar-refractivity contribution in [3.8, 4) is 0 Å². The smallest absolute Gasteiger partial charge is 1.00 e. The van der Waals surface area contributed by atoms with Gasteiger partial charge in [-0.2, -0.15) is 7.82 Å². The molecule has 17 heavy (non-hydrogen) atoms. The van der Waals surface area contributed by atoms with Crippen molar-refractivity contribution in [3.63, 3.8) is 0 Å². The maximum absolute atomic E-state index is 8.55. The zero-order valence-corrected chi connectivity index (χ0v) is 45.7. The van der Waals surface area contributed by atoms with Crippen LogP contribution in [0.25, 0.3) is 0 Å². The Morgan fingerprint density at radius 2 is 0.529 bits per heavy atom. The van der Waals surface area contributed by atoms with Gasteiger partial charge in [-0.3, -0.25) is 0 Å². The molecule has 0 aromatic carbocycles. The van der Waals surface area contributed by atoms with Gasteiger partial charge in [0.1, 0.15) is 0 Å². The summed E-state index contributed by atoms with van der Waals surface area (Å²) in [6.45, 7) is 0. The van der Waals surface area contributed by atoms with Crippen LogP contribution in [0.3, 0.4) is 0 Å². The van der Waals surface area contributed by atoms with E-state index in [0.717, 1.165) is 0 Å². The van der Waals surface area contributed by atoms with Crippen molar-refractivity contribution >= 4 is 7.82 Å². The molecule has 0 N–H and O–H groups in total. The van der Waals surface area contributed by atoms with Crippen LogP contribution in [-0.2, 0) is 4.57 Å². The molecule has 0 aliphatic rings. The molecule has 0 heterocycles. The Morgan fingerprint density at radius 1 is 0.529 bits per heavy atom. The van der Waals surface area contributed by atoms with Gasteiger partial charge in [0.2, 0.25) is 0 Å². The van der Waals surface area contributed by atoms with Crippen LogP contribution >= 0.6 is 7.82 Å². The van der Waals surface area contributed by atoms with E-state index in [0.29, 0.717) is 0 Å². The average molecular weight is 477 g/mol. The molecule has 0 saturated heterocycles. The summed E-state index contributed by atoms with van der Waals surface area (Å²) in [5.41, 5.74) is 0. The van der Waals surface area contributed by atoms with E-state index in [1.165, 1.54) is 0 Å². The summed E-state index contributed by atoms with van der Waals surface area (Å²) in [6, 6.07) is 0. The van der Waals surface area contributed by atoms with E-state index >= 15 is 0 Å². The number of phosphoric acid groups is 1. The first-order valence-electron chi connectivity index (χ1n) is 0.730. The fourth-order valence-electron chi connectivity index (χ4n) is 0. The van der Waals surface area contributed by atoms with Crippen molar-refractivity contribution in [1.29, 1.82) is 0 Å². The van der Waals surface area contributed by atoms with Crippen LogP contribution in [0.2, 0.25) is 0 Å². The first-order valence-corrected chi connectivity index (χ1v) is 2.19. The standard InChI is InChI=1S/6K.6Na.H3O4P.9H/c;;;;;;;;;;;;1-5(2,3)4;;;;;;;;;/h;;;;;;;;;;;;(H3,1,2,3,4);;;;;;;;;/q12*+1;;9*-1/p-3. The first-order chi connectivity index (χ1) is 2.00. The molecule has 0 unspecified atom stereocenters. The van der Waals surface area contributed by atoms with Crippen molar-refractivity contribution in [2.24, 2.45) is 0 Å². The van der Waals surface area contributed by atoms with E-state index < -0.39 is 7.82 Å². The maximum Gasteiger partial charge on any atom is 1.00 e. The fourth-order valence-corrected chi connectivity index (χ4v) is 0. The van der Waals surface area contributed by atoms with Crippen LogP contribution in [0, 0.1) is 0 Å². The normalized spacial score (nSPS) is 3.47. The van der Waals surface area contributed by atoms with Crippen LogP contribution < -0.4 is 500 Å². The monoisotopic (exact) mass is 476 g/mol. The minimum absolute atomic E-state index is 0. The fraction of sp³-hybridized carbons (Fsp3) is 0. The predicted octanol–water partition coefficient (Wildman–Crippen LogP) is -37.8. The molecule has 0 aromatic rings. The molecular formula is H9K6Na6O4P. The van der Waals surface area contributed by atoms with Crippen molar-refractivity contribution in [2.45, 2.75) is 0 Å². The Balaban J connectivity index is -0.000000000381. The molecule has 50 valence electrons.